The van der Waals surface area contributed by atoms with Crippen molar-refractivity contribution in [2.45, 2.75) is 62.7 Å². The number of carbonyl (C=O) groups excluding carboxylic acids is 1. The van der Waals surface area contributed by atoms with Crippen molar-refractivity contribution in [3.05, 3.63) is 18.1 Å². The maximum Gasteiger partial charge on any atom is 0.490 e. The number of nitrogen functional groups attached to an aromatic ring is 1. The molecule has 1 saturated heterocycles. The number of amides is 1. The van der Waals surface area contributed by atoms with E-state index in [0.29, 0.717) is 42.2 Å². The van der Waals surface area contributed by atoms with Crippen LogP contribution in [0.25, 0.3) is 11.0 Å². The highest BCUT2D eigenvalue weighted by molar-refractivity contribution is 8.77. The summed E-state index contributed by atoms with van der Waals surface area (Å²) in [6, 6.07) is 0. The average Bonchev–Trinajstić information content (AvgIpc) is 3.67. The van der Waals surface area contributed by atoms with E-state index in [1.807, 2.05) is 0 Å². The van der Waals surface area contributed by atoms with Crippen LogP contribution in [-0.2, 0) is 71.2 Å². The van der Waals surface area contributed by atoms with Gasteiger partial charge >= 0.3 is 29.6 Å². The highest BCUT2D eigenvalue weighted by Gasteiger charge is 2.44. The first kappa shape index (κ1) is 49.1. The van der Waals surface area contributed by atoms with Gasteiger partial charge in [0.25, 0.3) is 0 Å². The zero-order valence-electron chi connectivity index (χ0n) is 30.7. The molecule has 21 nitrogen and oxygen atoms in total. The highest BCUT2D eigenvalue weighted by atomic mass is 33.1. The van der Waals surface area contributed by atoms with Crippen LogP contribution in [0.1, 0.15) is 51.3 Å². The molecule has 56 heavy (non-hydrogen) atoms. The quantitative estimate of drug-likeness (QED) is 0.0287. The SMILES string of the molecule is COCCC(C)(C)SSCOCCCCOC(=O)NCC#Cc1cn([C@H]2C[C@H](OCS(C)=S)[C@@H](COP(=O)(O)OP(=O)(O)OP(=O)(O)O)O2)c2ncnc(N)c12. The van der Waals surface area contributed by atoms with E-state index in [9.17, 15) is 28.3 Å². The molecule has 0 radical (unpaired) electrons. The molecular formula is C28H46N5O16P3S4. The molecule has 0 aliphatic carbocycles. The second kappa shape index (κ2) is 23.0. The summed E-state index contributed by atoms with van der Waals surface area (Å²) in [5, 5.41) is 2.95. The van der Waals surface area contributed by atoms with Crippen molar-refractivity contribution in [2.24, 2.45) is 0 Å². The summed E-state index contributed by atoms with van der Waals surface area (Å²) in [5.41, 5.74) is 6.89. The number of methoxy groups -OCH3 is 1. The van der Waals surface area contributed by atoms with Gasteiger partial charge < -0.3 is 58.9 Å². The fourth-order valence-corrected chi connectivity index (χ4v) is 10.6. The Morgan fingerprint density at radius 1 is 1.16 bits per heavy atom. The van der Waals surface area contributed by atoms with Crippen LogP contribution in [0.4, 0.5) is 10.6 Å². The van der Waals surface area contributed by atoms with Gasteiger partial charge in [0, 0.05) is 37.7 Å². The van der Waals surface area contributed by atoms with Crippen molar-refractivity contribution in [3.8, 4) is 11.8 Å². The molecular weight excluding hydrogens is 884 g/mol. The molecule has 1 fully saturated rings. The number of anilines is 1. The number of hydrogen-bond acceptors (Lipinski definition) is 18. The van der Waals surface area contributed by atoms with Crippen LogP contribution < -0.4 is 11.1 Å². The predicted octanol–water partition coefficient (Wildman–Crippen LogP) is 3.73. The number of phosphoric ester groups is 1. The van der Waals surface area contributed by atoms with Crippen molar-refractivity contribution >= 4 is 88.6 Å². The number of nitrogens with two attached hydrogens (primary N) is 1. The molecule has 3 rings (SSSR count). The highest BCUT2D eigenvalue weighted by Crippen LogP contribution is 2.66. The molecule has 0 saturated carbocycles. The van der Waals surface area contributed by atoms with Gasteiger partial charge in [0.2, 0.25) is 0 Å². The summed E-state index contributed by atoms with van der Waals surface area (Å²) in [4.78, 5) is 57.6. The average molecular weight is 930 g/mol. The largest absolute Gasteiger partial charge is 0.490 e. The molecule has 318 valence electrons. The molecule has 0 bridgehead atoms. The normalized spacial score (nSPS) is 20.2. The maximum absolute atomic E-state index is 12.4. The number of ether oxygens (including phenoxy) is 5. The zero-order valence-corrected chi connectivity index (χ0v) is 36.7. The van der Waals surface area contributed by atoms with Gasteiger partial charge in [-0.1, -0.05) is 42.9 Å². The van der Waals surface area contributed by atoms with Crippen molar-refractivity contribution in [1.29, 1.82) is 0 Å². The molecule has 1 amide bonds. The molecule has 28 heteroatoms. The van der Waals surface area contributed by atoms with Gasteiger partial charge in [0.05, 0.1) is 42.8 Å². The third kappa shape index (κ3) is 17.9. The number of phosphoric acid groups is 3. The number of aromatic nitrogens is 3. The molecule has 2 aromatic heterocycles. The van der Waals surface area contributed by atoms with Gasteiger partial charge in [-0.3, -0.25) is 4.52 Å². The van der Waals surface area contributed by atoms with Crippen LogP contribution >= 0.6 is 45.1 Å². The zero-order chi connectivity index (χ0) is 41.6. The van der Waals surface area contributed by atoms with Crippen LogP contribution in [-0.4, -0.2) is 115 Å². The second-order valence-electron chi connectivity index (χ2n) is 12.3. The minimum absolute atomic E-state index is 0.0591. The standard InChI is InChI=1S/C28H46N5O16P3S4/c1-28(2,9-13-42-3)55-54-18-43-11-5-6-12-44-27(34)30-10-7-8-20-15-33(26-24(20)25(29)31-17-32-26)23-14-21(45-19-56(4)53)22(47-23)16-46-51(38,39)49-52(40,41)48-50(35,36)37/h15,17,21-23H,5-6,9-14,16,18-19H2,1-4H3,(H,30,34)(H,38,39)(H,40,41)(H2,29,31,32)(H2,35,36,37)/t21-,22+,23+,56?/m0/s1. The lowest BCUT2D eigenvalue weighted by Gasteiger charge is -2.22. The van der Waals surface area contributed by atoms with E-state index in [1.54, 1.807) is 45.7 Å². The first-order chi connectivity index (χ1) is 26.2. The van der Waals surface area contributed by atoms with Crippen LogP contribution in [0.5, 0.6) is 0 Å². The van der Waals surface area contributed by atoms with Crippen molar-refractivity contribution < 1.29 is 74.9 Å². The van der Waals surface area contributed by atoms with Gasteiger partial charge in [0.15, 0.2) is 0 Å². The van der Waals surface area contributed by atoms with Crippen LogP contribution in [0, 0.1) is 11.8 Å². The Kier molecular flexibility index (Phi) is 20.1. The van der Waals surface area contributed by atoms with E-state index in [0.717, 1.165) is 12.8 Å². The third-order valence-corrected chi connectivity index (χ3v) is 14.8. The maximum atomic E-state index is 12.4. The summed E-state index contributed by atoms with van der Waals surface area (Å²) in [5.74, 6) is 6.54. The van der Waals surface area contributed by atoms with E-state index in [2.05, 4.69) is 49.6 Å². The van der Waals surface area contributed by atoms with Gasteiger partial charge in [-0.15, -0.1) is 0 Å². The second-order valence-corrected chi connectivity index (χ2v) is 22.7. The number of alkyl carbamates (subject to hydrolysis) is 1. The lowest BCUT2D eigenvalue weighted by Crippen LogP contribution is -2.29. The van der Waals surface area contributed by atoms with E-state index >= 15 is 0 Å². The van der Waals surface area contributed by atoms with Crippen LogP contribution in [0.15, 0.2) is 12.5 Å². The van der Waals surface area contributed by atoms with Crippen molar-refractivity contribution in [3.63, 3.8) is 0 Å². The smallest absolute Gasteiger partial charge is 0.450 e. The Morgan fingerprint density at radius 2 is 1.89 bits per heavy atom. The number of hydrogen-bond donors (Lipinski definition) is 6. The molecule has 0 spiro atoms. The lowest BCUT2D eigenvalue weighted by atomic mass is 10.1. The number of fused-ring (bicyclic) bond motifs is 1. The molecule has 2 aromatic rings. The van der Waals surface area contributed by atoms with Gasteiger partial charge in [-0.25, -0.2) is 28.5 Å². The van der Waals surface area contributed by atoms with Gasteiger partial charge in [0.1, 0.15) is 36.1 Å². The minimum Gasteiger partial charge on any atom is -0.450 e. The van der Waals surface area contributed by atoms with E-state index in [-0.39, 0.29) is 36.1 Å². The number of nitrogens with zero attached hydrogens (tertiary/aromatic N) is 3. The molecule has 7 N–H and O–H groups in total. The fourth-order valence-electron chi connectivity index (χ4n) is 4.72. The lowest BCUT2D eigenvalue weighted by molar-refractivity contribution is -0.0522. The topological polar surface area (TPSA) is 292 Å². The van der Waals surface area contributed by atoms with E-state index in [4.69, 9.17) is 54.9 Å². The minimum atomic E-state index is -5.73. The van der Waals surface area contributed by atoms with Crippen molar-refractivity contribution in [1.82, 2.24) is 19.9 Å². The van der Waals surface area contributed by atoms with Crippen molar-refractivity contribution in [2.75, 3.05) is 63.9 Å². The Bertz CT molecular complexity index is 1840. The Hall–Kier alpha value is -1.23. The molecule has 3 heterocycles. The number of nitrogens with one attached hydrogen (secondary N) is 1. The molecule has 1 aliphatic heterocycles. The van der Waals surface area contributed by atoms with E-state index < -0.39 is 64.1 Å². The fraction of sp³-hybridized carbons (Fsp3) is 0.679. The summed E-state index contributed by atoms with van der Waals surface area (Å²) >= 11 is 5.21. The monoisotopic (exact) mass is 929 g/mol. The van der Waals surface area contributed by atoms with Crippen LogP contribution in [0.3, 0.4) is 0 Å². The third-order valence-electron chi connectivity index (χ3n) is 7.18. The first-order valence-electron chi connectivity index (χ1n) is 16.4. The summed E-state index contributed by atoms with van der Waals surface area (Å²) in [6.07, 6.45) is 3.59. The molecule has 3 unspecified atom stereocenters. The first-order valence-corrected chi connectivity index (χ1v) is 26.0. The molecule has 6 atom stereocenters. The van der Waals surface area contributed by atoms with Gasteiger partial charge in [-0.2, -0.15) is 8.62 Å². The summed E-state index contributed by atoms with van der Waals surface area (Å²) in [6.45, 7) is 4.97. The molecule has 0 aromatic carbocycles. The number of unbranched alkanes of at least 4 members (excludes halogenated alkanes) is 1. The Balaban J connectivity index is 1.56. The summed E-state index contributed by atoms with van der Waals surface area (Å²) in [7, 11) is -12.3. The predicted molar refractivity (Wildman–Crippen MR) is 213 cm³/mol. The van der Waals surface area contributed by atoms with Gasteiger partial charge in [-0.05, 0) is 50.6 Å². The summed E-state index contributed by atoms with van der Waals surface area (Å²) < 4.78 is 77.1. The Morgan fingerprint density at radius 3 is 2.59 bits per heavy atom. The van der Waals surface area contributed by atoms with Crippen LogP contribution in [0.2, 0.25) is 0 Å². The number of carbonyl (C=O) groups is 1. The Labute approximate surface area is 338 Å². The molecule has 1 aliphatic rings. The van der Waals surface area contributed by atoms with E-state index in [1.165, 1.54) is 6.33 Å². The number of rotatable bonds is 24.